The Morgan fingerprint density at radius 2 is 2.18 bits per heavy atom. The van der Waals surface area contributed by atoms with Gasteiger partial charge in [-0.3, -0.25) is 4.98 Å². The molecule has 0 unspecified atom stereocenters. The lowest BCUT2D eigenvalue weighted by Gasteiger charge is -1.98. The van der Waals surface area contributed by atoms with Crippen LogP contribution in [-0.4, -0.2) is 15.9 Å². The number of rotatable bonds is 2. The average molecular weight is 150 g/mol. The molecular weight excluding hydrogens is 140 g/mol. The monoisotopic (exact) mass is 150 g/mol. The third-order valence-corrected chi connectivity index (χ3v) is 1.47. The quantitative estimate of drug-likeness (QED) is 0.396. The van der Waals surface area contributed by atoms with E-state index in [0.29, 0.717) is 5.71 Å². The molecule has 0 aliphatic heterocycles. The normalized spacial score (nSPS) is 11.5. The van der Waals surface area contributed by atoms with Crippen molar-refractivity contribution in [3.8, 4) is 0 Å². The molecule has 0 aliphatic rings. The molecule has 0 fully saturated rings. The summed E-state index contributed by atoms with van der Waals surface area (Å²) in [5.41, 5.74) is 1.61. The number of nitrogens with zero attached hydrogens (tertiary/aromatic N) is 2. The zero-order valence-corrected chi connectivity index (χ0v) is 6.36. The lowest BCUT2D eigenvalue weighted by atomic mass is 10.1. The summed E-state index contributed by atoms with van der Waals surface area (Å²) < 4.78 is 0. The minimum absolute atomic E-state index is 0.687. The van der Waals surface area contributed by atoms with Crippen LogP contribution in [0.3, 0.4) is 0 Å². The highest BCUT2D eigenvalue weighted by molar-refractivity contribution is 5.99. The van der Waals surface area contributed by atoms with Crippen LogP contribution in [0.4, 0.5) is 0 Å². The molecule has 1 aromatic heterocycles. The highest BCUT2D eigenvalue weighted by Crippen LogP contribution is 2.01. The second-order valence-corrected chi connectivity index (χ2v) is 2.14. The molecule has 0 bridgehead atoms. The fourth-order valence-corrected chi connectivity index (χ4v) is 0.877. The van der Waals surface area contributed by atoms with E-state index in [1.165, 1.54) is 0 Å². The summed E-state index contributed by atoms with van der Waals surface area (Å²) in [4.78, 5) is 3.86. The number of aromatic nitrogens is 1. The molecule has 58 valence electrons. The van der Waals surface area contributed by atoms with Crippen LogP contribution in [0.5, 0.6) is 0 Å². The van der Waals surface area contributed by atoms with Crippen molar-refractivity contribution in [3.05, 3.63) is 30.1 Å². The Kier molecular flexibility index (Phi) is 2.60. The van der Waals surface area contributed by atoms with Crippen LogP contribution in [0.25, 0.3) is 0 Å². The van der Waals surface area contributed by atoms with E-state index in [1.54, 1.807) is 12.4 Å². The maximum absolute atomic E-state index is 8.55. The van der Waals surface area contributed by atoms with Gasteiger partial charge in [-0.25, -0.2) is 0 Å². The lowest BCUT2D eigenvalue weighted by molar-refractivity contribution is 0.318. The summed E-state index contributed by atoms with van der Waals surface area (Å²) >= 11 is 0. The fourth-order valence-electron chi connectivity index (χ4n) is 0.877. The molecule has 1 heterocycles. The second-order valence-electron chi connectivity index (χ2n) is 2.14. The Balaban J connectivity index is 2.92. The summed E-state index contributed by atoms with van der Waals surface area (Å²) in [6.45, 7) is 1.94. The standard InChI is InChI=1S/C8H10N2O/c1-2-8(10-11)7-3-5-9-6-4-7/h3-6,11H,2H2,1H3/b10-8-. The minimum atomic E-state index is 0.687. The van der Waals surface area contributed by atoms with Crippen molar-refractivity contribution < 1.29 is 5.21 Å². The number of pyridine rings is 1. The summed E-state index contributed by atoms with van der Waals surface area (Å²) in [6.07, 6.45) is 4.08. The topological polar surface area (TPSA) is 45.5 Å². The first-order valence-corrected chi connectivity index (χ1v) is 3.49. The Bertz CT molecular complexity index is 244. The lowest BCUT2D eigenvalue weighted by Crippen LogP contribution is -1.97. The van der Waals surface area contributed by atoms with E-state index >= 15 is 0 Å². The third kappa shape index (κ3) is 1.77. The van der Waals surface area contributed by atoms with E-state index in [9.17, 15) is 0 Å². The van der Waals surface area contributed by atoms with Crippen molar-refractivity contribution in [2.45, 2.75) is 13.3 Å². The predicted molar refractivity (Wildman–Crippen MR) is 42.9 cm³/mol. The van der Waals surface area contributed by atoms with E-state index < -0.39 is 0 Å². The molecule has 0 amide bonds. The molecule has 1 N–H and O–H groups in total. The molecule has 0 saturated heterocycles. The van der Waals surface area contributed by atoms with Gasteiger partial charge in [0, 0.05) is 18.0 Å². The highest BCUT2D eigenvalue weighted by Gasteiger charge is 1.98. The van der Waals surface area contributed by atoms with E-state index in [4.69, 9.17) is 5.21 Å². The molecule has 3 heteroatoms. The van der Waals surface area contributed by atoms with E-state index in [1.807, 2.05) is 19.1 Å². The zero-order valence-electron chi connectivity index (χ0n) is 6.36. The first kappa shape index (κ1) is 7.72. The Hall–Kier alpha value is -1.38. The van der Waals surface area contributed by atoms with Crippen LogP contribution in [0.2, 0.25) is 0 Å². The van der Waals surface area contributed by atoms with Gasteiger partial charge in [0.05, 0.1) is 5.71 Å². The van der Waals surface area contributed by atoms with Gasteiger partial charge in [-0.1, -0.05) is 12.1 Å². The first-order valence-electron chi connectivity index (χ1n) is 3.49. The highest BCUT2D eigenvalue weighted by atomic mass is 16.4. The summed E-state index contributed by atoms with van der Waals surface area (Å²) in [7, 11) is 0. The van der Waals surface area contributed by atoms with E-state index in [2.05, 4.69) is 10.1 Å². The molecule has 1 rings (SSSR count). The maximum atomic E-state index is 8.55. The SMILES string of the molecule is CC/C(=N/O)c1ccncc1. The van der Waals surface area contributed by atoms with Crippen LogP contribution in [-0.2, 0) is 0 Å². The van der Waals surface area contributed by atoms with Crippen LogP contribution in [0, 0.1) is 0 Å². The van der Waals surface area contributed by atoms with E-state index in [0.717, 1.165) is 12.0 Å². The van der Waals surface area contributed by atoms with Gasteiger partial charge < -0.3 is 5.21 Å². The fraction of sp³-hybridized carbons (Fsp3) is 0.250. The average Bonchev–Trinajstić information content (AvgIpc) is 2.09. The van der Waals surface area contributed by atoms with Crippen LogP contribution in [0.1, 0.15) is 18.9 Å². The van der Waals surface area contributed by atoms with E-state index in [-0.39, 0.29) is 0 Å². The Morgan fingerprint density at radius 3 is 2.64 bits per heavy atom. The van der Waals surface area contributed by atoms with Crippen molar-refractivity contribution >= 4 is 5.71 Å². The second kappa shape index (κ2) is 3.71. The molecule has 11 heavy (non-hydrogen) atoms. The summed E-state index contributed by atoms with van der Waals surface area (Å²) in [5, 5.41) is 11.7. The molecule has 1 aromatic rings. The van der Waals surface area contributed by atoms with Crippen LogP contribution >= 0.6 is 0 Å². The molecule has 3 nitrogen and oxygen atoms in total. The summed E-state index contributed by atoms with van der Waals surface area (Å²) in [6, 6.07) is 3.64. The molecule has 0 aliphatic carbocycles. The van der Waals surface area contributed by atoms with Crippen molar-refractivity contribution in [1.82, 2.24) is 4.98 Å². The van der Waals surface area contributed by atoms with Gasteiger partial charge in [0.25, 0.3) is 0 Å². The van der Waals surface area contributed by atoms with Gasteiger partial charge in [-0.2, -0.15) is 0 Å². The van der Waals surface area contributed by atoms with Crippen LogP contribution in [0.15, 0.2) is 29.7 Å². The zero-order chi connectivity index (χ0) is 8.10. The van der Waals surface area contributed by atoms with Gasteiger partial charge in [-0.05, 0) is 18.6 Å². The van der Waals surface area contributed by atoms with Gasteiger partial charge in [0.1, 0.15) is 0 Å². The van der Waals surface area contributed by atoms with Crippen LogP contribution < -0.4 is 0 Å². The molecule has 0 spiro atoms. The predicted octanol–water partition coefficient (Wildman–Crippen LogP) is 1.67. The molecular formula is C8H10N2O. The first-order chi connectivity index (χ1) is 5.38. The molecule has 0 saturated carbocycles. The largest absolute Gasteiger partial charge is 0.411 e. The van der Waals surface area contributed by atoms with Crippen molar-refractivity contribution in [1.29, 1.82) is 0 Å². The summed E-state index contributed by atoms with van der Waals surface area (Å²) in [5.74, 6) is 0. The van der Waals surface area contributed by atoms with Gasteiger partial charge in [-0.15, -0.1) is 0 Å². The molecule has 0 radical (unpaired) electrons. The third-order valence-electron chi connectivity index (χ3n) is 1.47. The van der Waals surface area contributed by atoms with Gasteiger partial charge in [0.2, 0.25) is 0 Å². The number of hydrogen-bond acceptors (Lipinski definition) is 3. The molecule has 0 atom stereocenters. The Morgan fingerprint density at radius 1 is 1.55 bits per heavy atom. The van der Waals surface area contributed by atoms with Crippen molar-refractivity contribution in [2.75, 3.05) is 0 Å². The minimum Gasteiger partial charge on any atom is -0.411 e. The maximum Gasteiger partial charge on any atom is 0.0866 e. The molecule has 0 aromatic carbocycles. The van der Waals surface area contributed by atoms with Gasteiger partial charge >= 0.3 is 0 Å². The van der Waals surface area contributed by atoms with Crippen molar-refractivity contribution in [2.24, 2.45) is 5.16 Å². The Labute approximate surface area is 65.4 Å². The smallest absolute Gasteiger partial charge is 0.0866 e. The number of hydrogen-bond donors (Lipinski definition) is 1. The van der Waals surface area contributed by atoms with Crippen molar-refractivity contribution in [3.63, 3.8) is 0 Å². The van der Waals surface area contributed by atoms with Gasteiger partial charge in [0.15, 0.2) is 0 Å². The number of oxime groups is 1.